The highest BCUT2D eigenvalue weighted by Gasteiger charge is 2.64. The Balaban J connectivity index is 1.35. The van der Waals surface area contributed by atoms with Crippen LogP contribution >= 0.6 is 0 Å². The number of aliphatic hydroxyl groups excluding tert-OH is 2. The molecular formula is C33H47NO2. The standard InChI is InChI=1S/C33H47NO2/c1-5-25-29-19-24(35)15-17-33(29,4)28-16-18-32(3)26(13-14-27(32)30(28)31(25)36)21(2)9-8-12-22-10-6-7-11-23(22)20-34/h6-8,10-12,21,24-31,35-36H,5,9,13-19H2,1-4H3/b12-8+/t21-,24-,25-,26-,27+,28+,29+,30+,31-,32-,33-/m1/s1. The maximum atomic E-state index is 11.9. The Hall–Kier alpha value is -1.63. The first-order valence-electron chi connectivity index (χ1n) is 14.8. The van der Waals surface area contributed by atoms with Crippen molar-refractivity contribution in [2.45, 2.75) is 97.7 Å². The molecular weight excluding hydrogens is 442 g/mol. The highest BCUT2D eigenvalue weighted by Crippen LogP contribution is 2.69. The first kappa shape index (κ1) is 26.0. The minimum Gasteiger partial charge on any atom is -0.393 e. The van der Waals surface area contributed by atoms with Gasteiger partial charge in [-0.25, -0.2) is 0 Å². The molecule has 0 unspecified atom stereocenters. The van der Waals surface area contributed by atoms with Gasteiger partial charge in [0.05, 0.1) is 23.8 Å². The Morgan fingerprint density at radius 1 is 1.03 bits per heavy atom. The third-order valence-electron chi connectivity index (χ3n) is 12.0. The summed E-state index contributed by atoms with van der Waals surface area (Å²) in [6, 6.07) is 10.2. The summed E-state index contributed by atoms with van der Waals surface area (Å²) in [6.07, 6.45) is 14.1. The largest absolute Gasteiger partial charge is 0.393 e. The monoisotopic (exact) mass is 489 g/mol. The molecule has 0 spiro atoms. The van der Waals surface area contributed by atoms with Crippen LogP contribution in [-0.4, -0.2) is 22.4 Å². The predicted octanol–water partition coefficient (Wildman–Crippen LogP) is 7.22. The third-order valence-corrected chi connectivity index (χ3v) is 12.0. The molecule has 4 saturated carbocycles. The minimum atomic E-state index is -0.218. The molecule has 0 heterocycles. The zero-order valence-corrected chi connectivity index (χ0v) is 22.9. The van der Waals surface area contributed by atoms with Crippen LogP contribution in [0.1, 0.15) is 96.6 Å². The van der Waals surface area contributed by atoms with Crippen molar-refractivity contribution in [2.75, 3.05) is 0 Å². The average molecular weight is 490 g/mol. The second kappa shape index (κ2) is 9.92. The fraction of sp³-hybridized carbons (Fsp3) is 0.727. The number of hydrogen-bond donors (Lipinski definition) is 2. The van der Waals surface area contributed by atoms with Crippen LogP contribution in [0.25, 0.3) is 6.08 Å². The molecule has 196 valence electrons. The molecule has 36 heavy (non-hydrogen) atoms. The first-order chi connectivity index (χ1) is 17.2. The maximum Gasteiger partial charge on any atom is 0.0997 e. The molecule has 3 heteroatoms. The summed E-state index contributed by atoms with van der Waals surface area (Å²) in [5.41, 5.74) is 2.33. The fourth-order valence-corrected chi connectivity index (χ4v) is 10.3. The van der Waals surface area contributed by atoms with Crippen LogP contribution in [-0.2, 0) is 0 Å². The number of nitriles is 1. The topological polar surface area (TPSA) is 64.2 Å². The van der Waals surface area contributed by atoms with E-state index in [0.717, 1.165) is 43.2 Å². The Kier molecular flexibility index (Phi) is 7.16. The molecule has 4 aliphatic rings. The molecule has 3 nitrogen and oxygen atoms in total. The van der Waals surface area contributed by atoms with E-state index in [9.17, 15) is 15.5 Å². The van der Waals surface area contributed by atoms with E-state index in [-0.39, 0.29) is 17.6 Å². The van der Waals surface area contributed by atoms with E-state index in [0.29, 0.717) is 46.8 Å². The van der Waals surface area contributed by atoms with Crippen LogP contribution in [0.4, 0.5) is 0 Å². The highest BCUT2D eigenvalue weighted by molar-refractivity contribution is 5.57. The number of hydrogen-bond acceptors (Lipinski definition) is 3. The van der Waals surface area contributed by atoms with Gasteiger partial charge in [0.2, 0.25) is 0 Å². The van der Waals surface area contributed by atoms with Gasteiger partial charge in [0.15, 0.2) is 0 Å². The Bertz CT molecular complexity index is 1010. The number of allylic oxidation sites excluding steroid dienone is 1. The summed E-state index contributed by atoms with van der Waals surface area (Å²) >= 11 is 0. The summed E-state index contributed by atoms with van der Waals surface area (Å²) in [7, 11) is 0. The van der Waals surface area contributed by atoms with Crippen molar-refractivity contribution in [3.05, 3.63) is 41.5 Å². The van der Waals surface area contributed by atoms with Gasteiger partial charge in [-0.15, -0.1) is 0 Å². The van der Waals surface area contributed by atoms with Crippen LogP contribution < -0.4 is 0 Å². The van der Waals surface area contributed by atoms with Crippen LogP contribution in [0, 0.1) is 63.6 Å². The van der Waals surface area contributed by atoms with E-state index >= 15 is 0 Å². The molecule has 0 saturated heterocycles. The van der Waals surface area contributed by atoms with Crippen molar-refractivity contribution in [2.24, 2.45) is 52.3 Å². The zero-order chi connectivity index (χ0) is 25.7. The lowest BCUT2D eigenvalue weighted by Gasteiger charge is -2.64. The van der Waals surface area contributed by atoms with Gasteiger partial charge in [-0.3, -0.25) is 0 Å². The minimum absolute atomic E-state index is 0.181. The Labute approximate surface area is 219 Å². The molecule has 4 fully saturated rings. The average Bonchev–Trinajstić information content (AvgIpc) is 3.23. The predicted molar refractivity (Wildman–Crippen MR) is 146 cm³/mol. The summed E-state index contributed by atoms with van der Waals surface area (Å²) in [5, 5.41) is 31.8. The molecule has 1 aromatic carbocycles. The van der Waals surface area contributed by atoms with Crippen LogP contribution in [0.5, 0.6) is 0 Å². The smallest absolute Gasteiger partial charge is 0.0997 e. The number of rotatable bonds is 5. The van der Waals surface area contributed by atoms with Crippen molar-refractivity contribution in [3.8, 4) is 6.07 Å². The second-order valence-corrected chi connectivity index (χ2v) is 13.4. The highest BCUT2D eigenvalue weighted by atomic mass is 16.3. The molecule has 5 rings (SSSR count). The molecule has 4 aliphatic carbocycles. The van der Waals surface area contributed by atoms with Crippen molar-refractivity contribution in [3.63, 3.8) is 0 Å². The zero-order valence-electron chi connectivity index (χ0n) is 22.9. The van der Waals surface area contributed by atoms with Crippen molar-refractivity contribution in [1.29, 1.82) is 5.26 Å². The van der Waals surface area contributed by atoms with E-state index in [1.165, 1.54) is 25.7 Å². The van der Waals surface area contributed by atoms with E-state index in [4.69, 9.17) is 0 Å². The molecule has 2 N–H and O–H groups in total. The van der Waals surface area contributed by atoms with Crippen LogP contribution in [0.2, 0.25) is 0 Å². The fourth-order valence-electron chi connectivity index (χ4n) is 10.3. The molecule has 0 bridgehead atoms. The number of aliphatic hydroxyl groups is 2. The van der Waals surface area contributed by atoms with Gasteiger partial charge in [-0.1, -0.05) is 64.5 Å². The lowest BCUT2D eigenvalue weighted by atomic mass is 9.41. The van der Waals surface area contributed by atoms with E-state index in [2.05, 4.69) is 45.9 Å². The van der Waals surface area contributed by atoms with Gasteiger partial charge in [-0.2, -0.15) is 5.26 Å². The molecule has 1 aromatic rings. The Morgan fingerprint density at radius 2 is 1.75 bits per heavy atom. The summed E-state index contributed by atoms with van der Waals surface area (Å²) in [6.45, 7) is 9.77. The molecule has 0 radical (unpaired) electrons. The third kappa shape index (κ3) is 4.08. The second-order valence-electron chi connectivity index (χ2n) is 13.4. The number of nitrogens with zero attached hydrogens (tertiary/aromatic N) is 1. The van der Waals surface area contributed by atoms with Gasteiger partial charge >= 0.3 is 0 Å². The van der Waals surface area contributed by atoms with Gasteiger partial charge in [0, 0.05) is 0 Å². The summed E-state index contributed by atoms with van der Waals surface area (Å²) in [4.78, 5) is 0. The van der Waals surface area contributed by atoms with Crippen molar-refractivity contribution >= 4 is 6.08 Å². The lowest BCUT2D eigenvalue weighted by molar-refractivity contribution is -0.203. The summed E-state index contributed by atoms with van der Waals surface area (Å²) < 4.78 is 0. The van der Waals surface area contributed by atoms with E-state index in [1.807, 2.05) is 24.3 Å². The SMILES string of the molecule is CC[C@H]1[C@@H](O)[C@@H]2[C@H](CC[C@]3(C)[C@@H]([C@H](C)C/C=C/c4ccccc4C#N)CC[C@@H]23)[C@@]2(C)CC[C@@H](O)C[C@@H]12. The quantitative estimate of drug-likeness (QED) is 0.459. The maximum absolute atomic E-state index is 11.9. The number of fused-ring (bicyclic) bond motifs is 5. The van der Waals surface area contributed by atoms with Gasteiger partial charge in [0.1, 0.15) is 0 Å². The van der Waals surface area contributed by atoms with Gasteiger partial charge in [-0.05, 0) is 115 Å². The van der Waals surface area contributed by atoms with Crippen molar-refractivity contribution < 1.29 is 10.2 Å². The van der Waals surface area contributed by atoms with Crippen molar-refractivity contribution in [1.82, 2.24) is 0 Å². The van der Waals surface area contributed by atoms with Crippen LogP contribution in [0.15, 0.2) is 30.3 Å². The van der Waals surface area contributed by atoms with E-state index < -0.39 is 0 Å². The Morgan fingerprint density at radius 3 is 2.50 bits per heavy atom. The summed E-state index contributed by atoms with van der Waals surface area (Å²) in [5.74, 6) is 3.70. The van der Waals surface area contributed by atoms with E-state index in [1.54, 1.807) is 0 Å². The molecule has 11 atom stereocenters. The molecule has 0 aliphatic heterocycles. The van der Waals surface area contributed by atoms with Gasteiger partial charge < -0.3 is 10.2 Å². The van der Waals surface area contributed by atoms with Crippen LogP contribution in [0.3, 0.4) is 0 Å². The first-order valence-corrected chi connectivity index (χ1v) is 14.8. The molecule has 0 aromatic heterocycles. The number of benzene rings is 1. The lowest BCUT2D eigenvalue weighted by Crippen LogP contribution is -2.62. The molecule has 0 amide bonds. The van der Waals surface area contributed by atoms with Gasteiger partial charge in [0.25, 0.3) is 0 Å². The normalized spacial score (nSPS) is 44.9.